The van der Waals surface area contributed by atoms with Gasteiger partial charge in [0.25, 0.3) is 5.91 Å². The van der Waals surface area contributed by atoms with E-state index in [1.807, 2.05) is 12.1 Å². The molecule has 4 rings (SSSR count). The second-order valence-electron chi connectivity index (χ2n) is 9.96. The lowest BCUT2D eigenvalue weighted by Crippen LogP contribution is -2.36. The summed E-state index contributed by atoms with van der Waals surface area (Å²) in [5, 5.41) is 27.2. The highest BCUT2D eigenvalue weighted by Gasteiger charge is 2.20. The number of aliphatic carboxylic acids is 1. The normalized spacial score (nSPS) is 14.6. The largest absolute Gasteiger partial charge is 0.479 e. The highest BCUT2D eigenvalue weighted by molar-refractivity contribution is 6.35. The minimum absolute atomic E-state index is 0.276. The molecular weight excluding hydrogens is 565 g/mol. The molecule has 3 aromatic rings. The van der Waals surface area contributed by atoms with Gasteiger partial charge in [-0.2, -0.15) is 0 Å². The molecule has 3 amide bonds. The summed E-state index contributed by atoms with van der Waals surface area (Å²) >= 11 is 12.2. The van der Waals surface area contributed by atoms with E-state index in [-0.39, 0.29) is 5.56 Å². The molecule has 0 spiro atoms. The van der Waals surface area contributed by atoms with Gasteiger partial charge in [-0.25, -0.2) is 9.59 Å². The number of benzene rings is 3. The predicted molar refractivity (Wildman–Crippen MR) is 160 cm³/mol. The maximum Gasteiger partial charge on any atom is 0.334 e. The van der Waals surface area contributed by atoms with Crippen LogP contribution in [0.2, 0.25) is 10.0 Å². The molecule has 0 aromatic heterocycles. The topological polar surface area (TPSA) is 128 Å². The fraction of sp³-hybridized carbons (Fsp3) is 0.258. The van der Waals surface area contributed by atoms with E-state index in [2.05, 4.69) is 35.0 Å². The minimum atomic E-state index is -1.70. The Hall–Kier alpha value is -3.85. The Balaban J connectivity index is 1.58. The zero-order valence-corrected chi connectivity index (χ0v) is 23.9. The van der Waals surface area contributed by atoms with Crippen molar-refractivity contribution in [2.45, 2.75) is 44.8 Å². The number of halogens is 2. The summed E-state index contributed by atoms with van der Waals surface area (Å²) in [6.45, 7) is 1.76. The van der Waals surface area contributed by atoms with Crippen molar-refractivity contribution in [3.63, 3.8) is 0 Å². The minimum Gasteiger partial charge on any atom is -0.479 e. The lowest BCUT2D eigenvalue weighted by molar-refractivity contribution is -0.146. The number of aliphatic hydroxyl groups excluding tert-OH is 1. The Bertz CT molecular complexity index is 1440. The molecule has 0 fully saturated rings. The number of rotatable bonds is 9. The van der Waals surface area contributed by atoms with Crippen LogP contribution in [0.5, 0.6) is 0 Å². The molecule has 10 heteroatoms. The summed E-state index contributed by atoms with van der Waals surface area (Å²) in [5.74, 6) is -1.95. The molecule has 0 heterocycles. The SMILES string of the molecule is CC1=C(c2ccc(C(NC(=O)Nc3cc(Cl)cc(Cl)c3)c3ccc(C(=O)NC[C@@H](O)C(=O)O)cc3)cc2)CCCC1. The second-order valence-corrected chi connectivity index (χ2v) is 10.8. The molecule has 1 aliphatic carbocycles. The van der Waals surface area contributed by atoms with Gasteiger partial charge in [-0.05, 0) is 85.2 Å². The number of carbonyl (C=O) groups excluding carboxylic acids is 2. The summed E-state index contributed by atoms with van der Waals surface area (Å²) in [4.78, 5) is 36.3. The van der Waals surface area contributed by atoms with Crippen molar-refractivity contribution in [1.29, 1.82) is 0 Å². The van der Waals surface area contributed by atoms with Crippen molar-refractivity contribution >= 4 is 52.4 Å². The zero-order chi connectivity index (χ0) is 29.5. The molecule has 0 radical (unpaired) electrons. The molecule has 0 aliphatic heterocycles. The third-order valence-corrected chi connectivity index (χ3v) is 7.42. The van der Waals surface area contributed by atoms with E-state index in [9.17, 15) is 19.5 Å². The van der Waals surface area contributed by atoms with E-state index in [0.717, 1.165) is 18.4 Å². The number of carboxylic acids is 1. The fourth-order valence-electron chi connectivity index (χ4n) is 4.81. The first kappa shape index (κ1) is 30.1. The average Bonchev–Trinajstić information content (AvgIpc) is 2.94. The van der Waals surface area contributed by atoms with Crippen LogP contribution in [0.4, 0.5) is 10.5 Å². The smallest absolute Gasteiger partial charge is 0.334 e. The molecule has 214 valence electrons. The number of hydrogen-bond acceptors (Lipinski definition) is 4. The molecule has 1 unspecified atom stereocenters. The third kappa shape index (κ3) is 8.10. The Morgan fingerprint density at radius 2 is 1.46 bits per heavy atom. The summed E-state index contributed by atoms with van der Waals surface area (Å²) in [6, 6.07) is 18.4. The maximum atomic E-state index is 13.1. The molecular formula is C31H31Cl2N3O5. The first-order valence-electron chi connectivity index (χ1n) is 13.2. The van der Waals surface area contributed by atoms with Crippen molar-refractivity contribution in [2.24, 2.45) is 0 Å². The van der Waals surface area contributed by atoms with Gasteiger partial charge in [-0.1, -0.05) is 65.2 Å². The Morgan fingerprint density at radius 3 is 2.05 bits per heavy atom. The van der Waals surface area contributed by atoms with Crippen LogP contribution in [0, 0.1) is 0 Å². The van der Waals surface area contributed by atoms with Crippen molar-refractivity contribution in [3.05, 3.63) is 105 Å². The Labute approximate surface area is 248 Å². The van der Waals surface area contributed by atoms with Gasteiger partial charge in [0.15, 0.2) is 6.10 Å². The average molecular weight is 597 g/mol. The van der Waals surface area contributed by atoms with Gasteiger partial charge in [-0.3, -0.25) is 4.79 Å². The lowest BCUT2D eigenvalue weighted by Gasteiger charge is -2.22. The van der Waals surface area contributed by atoms with Gasteiger partial charge in [0, 0.05) is 21.3 Å². The summed E-state index contributed by atoms with van der Waals surface area (Å²) in [5.41, 5.74) is 6.20. The summed E-state index contributed by atoms with van der Waals surface area (Å²) in [7, 11) is 0. The number of allylic oxidation sites excluding steroid dienone is 2. The van der Waals surface area contributed by atoms with Gasteiger partial charge in [0.05, 0.1) is 12.6 Å². The number of hydrogen-bond donors (Lipinski definition) is 5. The monoisotopic (exact) mass is 595 g/mol. The number of amides is 3. The highest BCUT2D eigenvalue weighted by Crippen LogP contribution is 2.33. The van der Waals surface area contributed by atoms with Crippen molar-refractivity contribution in [2.75, 3.05) is 11.9 Å². The molecule has 41 heavy (non-hydrogen) atoms. The highest BCUT2D eigenvalue weighted by atomic mass is 35.5. The molecule has 0 bridgehead atoms. The van der Waals surface area contributed by atoms with E-state index >= 15 is 0 Å². The summed E-state index contributed by atoms with van der Waals surface area (Å²) < 4.78 is 0. The van der Waals surface area contributed by atoms with E-state index in [4.69, 9.17) is 28.3 Å². The van der Waals surface area contributed by atoms with E-state index in [0.29, 0.717) is 21.3 Å². The van der Waals surface area contributed by atoms with Crippen LogP contribution >= 0.6 is 23.2 Å². The van der Waals surface area contributed by atoms with E-state index in [1.54, 1.807) is 42.5 Å². The van der Waals surface area contributed by atoms with E-state index in [1.165, 1.54) is 29.6 Å². The standard InChI is InChI=1S/C31H31Cl2N3O5/c1-18-4-2-3-5-26(18)19-6-8-20(9-7-19)28(36-31(41)35-25-15-23(32)14-24(33)16-25)21-10-12-22(13-11-21)29(38)34-17-27(37)30(39)40/h6-16,27-28,37H,2-5,17H2,1H3,(H,34,38)(H,39,40)(H2,35,36,41)/t27-,28?/m1/s1. The zero-order valence-electron chi connectivity index (χ0n) is 22.4. The molecule has 0 saturated carbocycles. The van der Waals surface area contributed by atoms with Crippen LogP contribution in [-0.4, -0.2) is 40.8 Å². The second kappa shape index (κ2) is 13.7. The van der Waals surface area contributed by atoms with Crippen LogP contribution in [-0.2, 0) is 4.79 Å². The quantitative estimate of drug-likeness (QED) is 0.195. The van der Waals surface area contributed by atoms with Crippen molar-refractivity contribution in [3.8, 4) is 0 Å². The number of urea groups is 1. The van der Waals surface area contributed by atoms with E-state index < -0.39 is 36.6 Å². The maximum absolute atomic E-state index is 13.1. The first-order valence-corrected chi connectivity index (χ1v) is 14.0. The van der Waals surface area contributed by atoms with Crippen LogP contribution in [0.3, 0.4) is 0 Å². The Morgan fingerprint density at radius 1 is 0.878 bits per heavy atom. The number of anilines is 1. The van der Waals surface area contributed by atoms with Crippen LogP contribution in [0.15, 0.2) is 72.3 Å². The molecule has 2 atom stereocenters. The molecule has 5 N–H and O–H groups in total. The third-order valence-electron chi connectivity index (χ3n) is 6.98. The van der Waals surface area contributed by atoms with Crippen LogP contribution in [0.1, 0.15) is 65.7 Å². The fourth-order valence-corrected chi connectivity index (χ4v) is 5.34. The predicted octanol–water partition coefficient (Wildman–Crippen LogP) is 6.43. The number of nitrogens with one attached hydrogen (secondary N) is 3. The number of aliphatic hydroxyl groups is 1. The van der Waals surface area contributed by atoms with Gasteiger partial charge < -0.3 is 26.2 Å². The Kier molecular flexibility index (Phi) is 10.0. The van der Waals surface area contributed by atoms with Crippen molar-refractivity contribution in [1.82, 2.24) is 10.6 Å². The van der Waals surface area contributed by atoms with Gasteiger partial charge in [-0.15, -0.1) is 0 Å². The molecule has 0 saturated heterocycles. The molecule has 1 aliphatic rings. The number of carboxylic acid groups (broad SMARTS) is 1. The van der Waals surface area contributed by atoms with Crippen molar-refractivity contribution < 1.29 is 24.6 Å². The van der Waals surface area contributed by atoms with Crippen LogP contribution < -0.4 is 16.0 Å². The number of carbonyl (C=O) groups is 3. The van der Waals surface area contributed by atoms with Gasteiger partial charge >= 0.3 is 12.0 Å². The van der Waals surface area contributed by atoms with Crippen LogP contribution in [0.25, 0.3) is 5.57 Å². The summed E-state index contributed by atoms with van der Waals surface area (Å²) in [6.07, 6.45) is 2.83. The lowest BCUT2D eigenvalue weighted by atomic mass is 9.87. The molecule has 8 nitrogen and oxygen atoms in total. The van der Waals surface area contributed by atoms with Gasteiger partial charge in [0.1, 0.15) is 0 Å². The first-order chi connectivity index (χ1) is 19.6. The van der Waals surface area contributed by atoms with Gasteiger partial charge in [0.2, 0.25) is 0 Å². The molecule has 3 aromatic carbocycles.